The van der Waals surface area contributed by atoms with Gasteiger partial charge in [0, 0.05) is 5.56 Å². The van der Waals surface area contributed by atoms with Gasteiger partial charge >= 0.3 is 0 Å². The lowest BCUT2D eigenvalue weighted by atomic mass is 10.2. The Labute approximate surface area is 199 Å². The zero-order valence-corrected chi connectivity index (χ0v) is 20.0. The van der Waals surface area contributed by atoms with Crippen LogP contribution in [-0.2, 0) is 29.5 Å². The van der Waals surface area contributed by atoms with Crippen LogP contribution in [0.5, 0.6) is 11.5 Å². The highest BCUT2D eigenvalue weighted by Crippen LogP contribution is 2.33. The molecule has 2 N–H and O–H groups in total. The fourth-order valence-corrected chi connectivity index (χ4v) is 3.59. The van der Waals surface area contributed by atoms with Crippen LogP contribution in [-0.4, -0.2) is 34.5 Å². The van der Waals surface area contributed by atoms with Crippen LogP contribution in [0.15, 0.2) is 47.4 Å². The molecule has 10 heteroatoms. The van der Waals surface area contributed by atoms with E-state index in [0.717, 1.165) is 17.0 Å². The van der Waals surface area contributed by atoms with Gasteiger partial charge in [0.25, 0.3) is 10.1 Å². The first-order valence-electron chi connectivity index (χ1n) is 10.5. The number of hydrogen-bond acceptors (Lipinski definition) is 6. The number of aryl methyl sites for hydroxylation is 2. The van der Waals surface area contributed by atoms with E-state index < -0.39 is 10.1 Å². The topological polar surface area (TPSA) is 130 Å². The SMILES string of the molecule is Cc1ccc(S(=O)(=O)O)cc1.[C-]#[N+]c1cc(C#N)cc(Oc2c(CC)nn(CCO)c2CC)c1. The normalized spacial score (nSPS) is 10.6. The maximum absolute atomic E-state index is 10.5. The predicted molar refractivity (Wildman–Crippen MR) is 127 cm³/mol. The number of ether oxygens (including phenoxy) is 1. The van der Waals surface area contributed by atoms with Gasteiger partial charge in [-0.15, -0.1) is 0 Å². The molecule has 0 bridgehead atoms. The van der Waals surface area contributed by atoms with Gasteiger partial charge in [-0.25, -0.2) is 4.85 Å². The van der Waals surface area contributed by atoms with Crippen molar-refractivity contribution in [3.8, 4) is 17.6 Å². The number of nitrogens with zero attached hydrogens (tertiary/aromatic N) is 4. The largest absolute Gasteiger partial charge is 0.455 e. The molecule has 1 heterocycles. The summed E-state index contributed by atoms with van der Waals surface area (Å²) in [7, 11) is -4.02. The fraction of sp³-hybridized carbons (Fsp3) is 0.292. The van der Waals surface area contributed by atoms with Crippen LogP contribution in [0, 0.1) is 24.8 Å². The monoisotopic (exact) mass is 482 g/mol. The highest BCUT2D eigenvalue weighted by atomic mass is 32.2. The van der Waals surface area contributed by atoms with Gasteiger partial charge < -0.3 is 9.84 Å². The van der Waals surface area contributed by atoms with E-state index in [1.807, 2.05) is 26.8 Å². The first-order valence-corrected chi connectivity index (χ1v) is 11.9. The second kappa shape index (κ2) is 12.0. The summed E-state index contributed by atoms with van der Waals surface area (Å²) in [6, 6.07) is 12.8. The van der Waals surface area contributed by atoms with Crippen LogP contribution in [0.3, 0.4) is 0 Å². The molecule has 0 amide bonds. The third kappa shape index (κ3) is 6.90. The molecule has 178 valence electrons. The molecule has 0 unspecified atom stereocenters. The van der Waals surface area contributed by atoms with Crippen LogP contribution < -0.4 is 4.74 Å². The van der Waals surface area contributed by atoms with Gasteiger partial charge in [-0.05, 0) is 50.1 Å². The molecule has 0 saturated carbocycles. The van der Waals surface area contributed by atoms with Gasteiger partial charge in [0.1, 0.15) is 11.4 Å². The minimum Gasteiger partial charge on any atom is -0.455 e. The number of hydrogen-bond donors (Lipinski definition) is 2. The molecule has 1 aromatic heterocycles. The molecular formula is C24H26N4O5S. The van der Waals surface area contributed by atoms with E-state index in [0.29, 0.717) is 42.1 Å². The predicted octanol–water partition coefficient (Wildman–Crippen LogP) is 4.46. The highest BCUT2D eigenvalue weighted by molar-refractivity contribution is 7.85. The molecule has 0 radical (unpaired) electrons. The van der Waals surface area contributed by atoms with Crippen molar-refractivity contribution in [3.63, 3.8) is 0 Å². The van der Waals surface area contributed by atoms with Crippen molar-refractivity contribution in [1.82, 2.24) is 9.78 Å². The summed E-state index contributed by atoms with van der Waals surface area (Å²) in [4.78, 5) is 3.30. The second-order valence-corrected chi connectivity index (χ2v) is 8.63. The molecule has 3 aromatic rings. The van der Waals surface area contributed by atoms with E-state index in [1.165, 1.54) is 18.2 Å². The van der Waals surface area contributed by atoms with Crippen LogP contribution in [0.4, 0.5) is 5.69 Å². The van der Waals surface area contributed by atoms with Gasteiger partial charge in [0.05, 0.1) is 36.4 Å². The van der Waals surface area contributed by atoms with Gasteiger partial charge in [-0.3, -0.25) is 9.23 Å². The summed E-state index contributed by atoms with van der Waals surface area (Å²) in [6.07, 6.45) is 1.39. The maximum atomic E-state index is 10.5. The van der Waals surface area contributed by atoms with Crippen LogP contribution in [0.2, 0.25) is 0 Å². The van der Waals surface area contributed by atoms with Gasteiger partial charge in [-0.1, -0.05) is 31.5 Å². The molecule has 3 rings (SSSR count). The van der Waals surface area contributed by atoms with Crippen LogP contribution >= 0.6 is 0 Å². The van der Waals surface area contributed by atoms with Gasteiger partial charge in [-0.2, -0.15) is 18.8 Å². The molecule has 0 spiro atoms. The highest BCUT2D eigenvalue weighted by Gasteiger charge is 2.18. The molecule has 9 nitrogen and oxygen atoms in total. The van der Waals surface area contributed by atoms with E-state index in [2.05, 4.69) is 9.94 Å². The average molecular weight is 483 g/mol. The first-order chi connectivity index (χ1) is 16.2. The third-order valence-electron chi connectivity index (χ3n) is 4.75. The lowest BCUT2D eigenvalue weighted by Gasteiger charge is -2.09. The van der Waals surface area contributed by atoms with Gasteiger partial charge in [0.2, 0.25) is 0 Å². The Hall–Kier alpha value is -3.70. The number of benzene rings is 2. The van der Waals surface area contributed by atoms with Crippen molar-refractivity contribution in [1.29, 1.82) is 5.26 Å². The van der Waals surface area contributed by atoms with E-state index >= 15 is 0 Å². The number of aliphatic hydroxyl groups excluding tert-OH is 1. The van der Waals surface area contributed by atoms with Crippen molar-refractivity contribution in [2.45, 2.75) is 45.1 Å². The molecular weight excluding hydrogens is 456 g/mol. The van der Waals surface area contributed by atoms with Gasteiger partial charge in [0.15, 0.2) is 11.4 Å². The zero-order chi connectivity index (χ0) is 25.3. The number of rotatable bonds is 7. The third-order valence-corrected chi connectivity index (χ3v) is 5.61. The van der Waals surface area contributed by atoms with Crippen LogP contribution in [0.1, 0.15) is 36.4 Å². The molecule has 0 fully saturated rings. The Balaban J connectivity index is 0.000000310. The molecule has 0 aliphatic rings. The van der Waals surface area contributed by atoms with Crippen LogP contribution in [0.25, 0.3) is 4.85 Å². The van der Waals surface area contributed by atoms with E-state index in [9.17, 15) is 8.42 Å². The Morgan fingerprint density at radius 3 is 2.35 bits per heavy atom. The lowest BCUT2D eigenvalue weighted by Crippen LogP contribution is -2.07. The summed E-state index contributed by atoms with van der Waals surface area (Å²) in [5.74, 6) is 1.09. The van der Waals surface area contributed by atoms with Crippen molar-refractivity contribution < 1.29 is 22.8 Å². The van der Waals surface area contributed by atoms with Crippen molar-refractivity contribution in [2.24, 2.45) is 0 Å². The Bertz CT molecular complexity index is 1280. The molecule has 34 heavy (non-hydrogen) atoms. The average Bonchev–Trinajstić information content (AvgIpc) is 3.15. The summed E-state index contributed by atoms with van der Waals surface area (Å²) >= 11 is 0. The molecule has 2 aromatic carbocycles. The minimum absolute atomic E-state index is 0.00304. The molecule has 0 saturated heterocycles. The zero-order valence-electron chi connectivity index (χ0n) is 19.2. The minimum atomic E-state index is -4.02. The van der Waals surface area contributed by atoms with E-state index in [4.69, 9.17) is 26.2 Å². The molecule has 0 atom stereocenters. The second-order valence-electron chi connectivity index (χ2n) is 7.21. The van der Waals surface area contributed by atoms with Crippen molar-refractivity contribution in [3.05, 3.63) is 76.4 Å². The standard InChI is InChI=1S/C17H18N4O2.C7H8O3S/c1-4-15-17(16(5-2)21(20-15)6-7-22)23-14-9-12(11-18)8-13(10-14)19-3;1-6-2-4-7(5-3-6)11(8,9)10/h8-10,22H,4-7H2,1-2H3;2-5H,1H3,(H,8,9,10). The quantitative estimate of drug-likeness (QED) is 0.376. The smallest absolute Gasteiger partial charge is 0.294 e. The lowest BCUT2D eigenvalue weighted by molar-refractivity contribution is 0.267. The Morgan fingerprint density at radius 1 is 1.18 bits per heavy atom. The first kappa shape index (κ1) is 26.6. The summed E-state index contributed by atoms with van der Waals surface area (Å²) in [6.45, 7) is 13.3. The number of nitriles is 1. The van der Waals surface area contributed by atoms with Crippen molar-refractivity contribution >= 4 is 15.8 Å². The Kier molecular flexibility index (Phi) is 9.34. The molecule has 0 aliphatic carbocycles. The maximum Gasteiger partial charge on any atom is 0.294 e. The van der Waals surface area contributed by atoms with E-state index in [-0.39, 0.29) is 11.5 Å². The fourth-order valence-electron chi connectivity index (χ4n) is 3.11. The summed E-state index contributed by atoms with van der Waals surface area (Å²) in [5.41, 5.74) is 3.38. The van der Waals surface area contributed by atoms with E-state index in [1.54, 1.807) is 28.9 Å². The molecule has 0 aliphatic heterocycles. The summed E-state index contributed by atoms with van der Waals surface area (Å²) < 4.78 is 37.3. The van der Waals surface area contributed by atoms with Crippen molar-refractivity contribution in [2.75, 3.05) is 6.61 Å². The summed E-state index contributed by atoms with van der Waals surface area (Å²) in [5, 5.41) is 22.7. The Morgan fingerprint density at radius 2 is 1.85 bits per heavy atom. The number of aliphatic hydroxyl groups is 1. The number of aromatic nitrogens is 2.